The van der Waals surface area contributed by atoms with E-state index in [1.54, 1.807) is 30.7 Å². The highest BCUT2D eigenvalue weighted by Gasteiger charge is 2.14. The number of fused-ring (bicyclic) bond motifs is 1. The number of anilines is 3. The van der Waals surface area contributed by atoms with E-state index in [1.807, 2.05) is 23.7 Å². The van der Waals surface area contributed by atoms with Crippen LogP contribution in [0, 0.1) is 0 Å². The van der Waals surface area contributed by atoms with Gasteiger partial charge in [-0.2, -0.15) is 9.97 Å². The molecule has 0 aliphatic carbocycles. The molecule has 0 bridgehead atoms. The Kier molecular flexibility index (Phi) is 3.31. The lowest BCUT2D eigenvalue weighted by molar-refractivity contribution is 0.812. The number of rotatable bonds is 3. The molecule has 9 heteroatoms. The molecule has 0 spiro atoms. The summed E-state index contributed by atoms with van der Waals surface area (Å²) in [5.74, 6) is 1.38. The number of nitrogen functional groups attached to an aromatic ring is 1. The molecule has 0 fully saturated rings. The van der Waals surface area contributed by atoms with Crippen LogP contribution in [0.25, 0.3) is 17.1 Å². The zero-order valence-electron chi connectivity index (χ0n) is 12.7. The fraction of sp³-hybridized carbons (Fsp3) is 0.0667. The van der Waals surface area contributed by atoms with Gasteiger partial charge in [0.2, 0.25) is 0 Å². The summed E-state index contributed by atoms with van der Waals surface area (Å²) < 4.78 is 3.34. The molecule has 3 N–H and O–H groups in total. The molecule has 0 saturated heterocycles. The monoisotopic (exact) mass is 340 g/mol. The van der Waals surface area contributed by atoms with Gasteiger partial charge in [0.05, 0.1) is 6.33 Å². The van der Waals surface area contributed by atoms with Gasteiger partial charge >= 0.3 is 0 Å². The molecular formula is C15H13ClN8. The van der Waals surface area contributed by atoms with Gasteiger partial charge in [-0.15, -0.1) is 5.10 Å². The quantitative estimate of drug-likeness (QED) is 0.594. The van der Waals surface area contributed by atoms with Crippen LogP contribution in [-0.4, -0.2) is 29.3 Å². The molecule has 0 unspecified atom stereocenters. The Morgan fingerprint density at radius 1 is 1.12 bits per heavy atom. The maximum Gasteiger partial charge on any atom is 0.254 e. The average Bonchev–Trinajstić information content (AvgIpc) is 3.16. The second-order valence-corrected chi connectivity index (χ2v) is 5.65. The molecule has 0 radical (unpaired) electrons. The molecule has 0 amide bonds. The van der Waals surface area contributed by atoms with Gasteiger partial charge in [-0.1, -0.05) is 11.6 Å². The number of hydrogen-bond acceptors (Lipinski definition) is 6. The lowest BCUT2D eigenvalue weighted by atomic mass is 10.3. The number of nitrogens with one attached hydrogen (secondary N) is 1. The fourth-order valence-electron chi connectivity index (χ4n) is 2.30. The number of aromatic nitrogens is 6. The first-order valence-corrected chi connectivity index (χ1v) is 7.51. The van der Waals surface area contributed by atoms with E-state index in [9.17, 15) is 0 Å². The molecule has 0 aliphatic rings. The number of imidazole rings is 1. The number of aryl methyl sites for hydroxylation is 1. The van der Waals surface area contributed by atoms with E-state index in [2.05, 4.69) is 25.4 Å². The number of halogens is 1. The van der Waals surface area contributed by atoms with Crippen molar-refractivity contribution in [1.29, 1.82) is 0 Å². The summed E-state index contributed by atoms with van der Waals surface area (Å²) in [5.41, 5.74) is 7.87. The van der Waals surface area contributed by atoms with Crippen molar-refractivity contribution in [2.45, 2.75) is 0 Å². The van der Waals surface area contributed by atoms with Crippen molar-refractivity contribution in [3.8, 4) is 5.95 Å². The van der Waals surface area contributed by atoms with E-state index < -0.39 is 0 Å². The molecule has 4 aromatic rings. The molecule has 1 aromatic carbocycles. The molecule has 24 heavy (non-hydrogen) atoms. The molecule has 120 valence electrons. The van der Waals surface area contributed by atoms with Crippen molar-refractivity contribution in [3.63, 3.8) is 0 Å². The van der Waals surface area contributed by atoms with Gasteiger partial charge in [-0.25, -0.2) is 9.67 Å². The van der Waals surface area contributed by atoms with E-state index >= 15 is 0 Å². The first kappa shape index (κ1) is 14.5. The molecule has 3 heterocycles. The predicted molar refractivity (Wildman–Crippen MR) is 92.6 cm³/mol. The maximum absolute atomic E-state index is 5.93. The molecule has 0 saturated carbocycles. The second kappa shape index (κ2) is 5.50. The Morgan fingerprint density at radius 3 is 2.62 bits per heavy atom. The Morgan fingerprint density at radius 2 is 1.92 bits per heavy atom. The Balaban J connectivity index is 1.85. The van der Waals surface area contributed by atoms with E-state index in [0.717, 1.165) is 5.69 Å². The van der Waals surface area contributed by atoms with E-state index in [-0.39, 0.29) is 0 Å². The average molecular weight is 341 g/mol. The normalized spacial score (nSPS) is 11.1. The lowest BCUT2D eigenvalue weighted by Gasteiger charge is -2.08. The molecular weight excluding hydrogens is 328 g/mol. The van der Waals surface area contributed by atoms with Gasteiger partial charge in [0.25, 0.3) is 5.95 Å². The van der Waals surface area contributed by atoms with Crippen LogP contribution in [0.4, 0.5) is 17.3 Å². The Hall–Kier alpha value is -3.13. The highest BCUT2D eigenvalue weighted by Crippen LogP contribution is 2.24. The van der Waals surface area contributed by atoms with E-state index in [4.69, 9.17) is 17.3 Å². The van der Waals surface area contributed by atoms with Crippen LogP contribution in [0.5, 0.6) is 0 Å². The van der Waals surface area contributed by atoms with Crippen LogP contribution in [0.15, 0.2) is 42.9 Å². The van der Waals surface area contributed by atoms with Gasteiger partial charge in [-0.05, 0) is 24.3 Å². The highest BCUT2D eigenvalue weighted by atomic mass is 35.5. The van der Waals surface area contributed by atoms with Crippen LogP contribution in [-0.2, 0) is 7.05 Å². The fourth-order valence-corrected chi connectivity index (χ4v) is 2.43. The van der Waals surface area contributed by atoms with Crippen molar-refractivity contribution in [2.24, 2.45) is 7.05 Å². The number of benzene rings is 1. The maximum atomic E-state index is 5.93. The van der Waals surface area contributed by atoms with Crippen molar-refractivity contribution >= 4 is 40.1 Å². The van der Waals surface area contributed by atoms with Crippen LogP contribution >= 0.6 is 11.6 Å². The number of hydrogen-bond donors (Lipinski definition) is 2. The Labute approximate surface area is 141 Å². The molecule has 4 rings (SSSR count). The summed E-state index contributed by atoms with van der Waals surface area (Å²) in [6.45, 7) is 0. The molecule has 0 aliphatic heterocycles. The van der Waals surface area contributed by atoms with Crippen LogP contribution < -0.4 is 11.1 Å². The van der Waals surface area contributed by atoms with Gasteiger partial charge in [0.15, 0.2) is 17.0 Å². The molecule has 3 aromatic heterocycles. The molecule has 8 nitrogen and oxygen atoms in total. The molecule has 0 atom stereocenters. The predicted octanol–water partition coefficient (Wildman–Crippen LogP) is 2.53. The van der Waals surface area contributed by atoms with Crippen molar-refractivity contribution < 1.29 is 0 Å². The first-order valence-electron chi connectivity index (χ1n) is 7.13. The smallest absolute Gasteiger partial charge is 0.254 e. The minimum atomic E-state index is 0.399. The van der Waals surface area contributed by atoms with Gasteiger partial charge < -0.3 is 15.6 Å². The van der Waals surface area contributed by atoms with Gasteiger partial charge in [-0.3, -0.25) is 0 Å². The summed E-state index contributed by atoms with van der Waals surface area (Å²) in [5, 5.41) is 8.07. The third-order valence-corrected chi connectivity index (χ3v) is 3.72. The second-order valence-electron chi connectivity index (χ2n) is 5.22. The first-order chi connectivity index (χ1) is 11.6. The minimum absolute atomic E-state index is 0.399. The van der Waals surface area contributed by atoms with E-state index in [0.29, 0.717) is 33.8 Å². The zero-order valence-corrected chi connectivity index (χ0v) is 13.4. The van der Waals surface area contributed by atoms with Gasteiger partial charge in [0.1, 0.15) is 5.82 Å². The summed E-state index contributed by atoms with van der Waals surface area (Å²) in [7, 11) is 1.87. The largest absolute Gasteiger partial charge is 0.382 e. The third kappa shape index (κ3) is 2.52. The third-order valence-electron chi connectivity index (χ3n) is 3.47. The number of nitrogens with zero attached hydrogens (tertiary/aromatic N) is 6. The summed E-state index contributed by atoms with van der Waals surface area (Å²) >= 11 is 5.93. The van der Waals surface area contributed by atoms with Crippen molar-refractivity contribution in [1.82, 2.24) is 29.3 Å². The summed E-state index contributed by atoms with van der Waals surface area (Å²) in [4.78, 5) is 13.4. The summed E-state index contributed by atoms with van der Waals surface area (Å²) in [6.07, 6.45) is 3.40. The summed E-state index contributed by atoms with van der Waals surface area (Å²) in [6, 6.07) is 9.02. The van der Waals surface area contributed by atoms with E-state index in [1.165, 1.54) is 4.68 Å². The van der Waals surface area contributed by atoms with Gasteiger partial charge in [0, 0.05) is 30.0 Å². The topological polar surface area (TPSA) is 99.5 Å². The Bertz CT molecular complexity index is 1020. The lowest BCUT2D eigenvalue weighted by Crippen LogP contribution is -2.07. The minimum Gasteiger partial charge on any atom is -0.382 e. The van der Waals surface area contributed by atoms with Crippen LogP contribution in [0.3, 0.4) is 0 Å². The number of nitrogens with two attached hydrogens (primary N) is 1. The van der Waals surface area contributed by atoms with Crippen molar-refractivity contribution in [2.75, 3.05) is 11.1 Å². The SMILES string of the molecule is Cn1cnc2c(Nc3ccc(Cl)cc3)nc(-n3ccc(N)n3)nc21. The van der Waals surface area contributed by atoms with Crippen LogP contribution in [0.2, 0.25) is 5.02 Å². The van der Waals surface area contributed by atoms with Crippen molar-refractivity contribution in [3.05, 3.63) is 47.9 Å². The van der Waals surface area contributed by atoms with Crippen LogP contribution in [0.1, 0.15) is 0 Å². The standard InChI is InChI=1S/C15H13ClN8/c1-23-8-18-12-13(19-10-4-2-9(16)3-5-10)20-15(21-14(12)23)24-7-6-11(17)22-24/h2-8H,1H3,(H2,17,22)(H,19,20,21). The highest BCUT2D eigenvalue weighted by molar-refractivity contribution is 6.30. The zero-order chi connectivity index (χ0) is 16.7.